The van der Waals surface area contributed by atoms with Gasteiger partial charge in [0.15, 0.2) is 5.78 Å². The van der Waals surface area contributed by atoms with E-state index >= 15 is 0 Å². The van der Waals surface area contributed by atoms with Crippen molar-refractivity contribution in [3.8, 4) is 0 Å². The van der Waals surface area contributed by atoms with Crippen LogP contribution in [0, 0.1) is 12.8 Å². The van der Waals surface area contributed by atoms with E-state index in [9.17, 15) is 9.59 Å². The lowest BCUT2D eigenvalue weighted by Gasteiger charge is -2.32. The molecule has 0 unspecified atom stereocenters. The molecule has 136 valence electrons. The number of rotatable bonds is 5. The first kappa shape index (κ1) is 18.1. The van der Waals surface area contributed by atoms with Gasteiger partial charge in [-0.3, -0.25) is 4.79 Å². The van der Waals surface area contributed by atoms with Crippen LogP contribution in [0.2, 0.25) is 0 Å². The molecule has 26 heavy (non-hydrogen) atoms. The van der Waals surface area contributed by atoms with Gasteiger partial charge in [0.2, 0.25) is 0 Å². The van der Waals surface area contributed by atoms with Crippen LogP contribution in [0.5, 0.6) is 0 Å². The zero-order chi connectivity index (χ0) is 18.5. The smallest absolute Gasteiger partial charge is 0.339 e. The Morgan fingerprint density at radius 1 is 1.08 bits per heavy atom. The molecular formula is C21H24N2O3. The van der Waals surface area contributed by atoms with Crippen molar-refractivity contribution < 1.29 is 14.3 Å². The van der Waals surface area contributed by atoms with Gasteiger partial charge in [0.05, 0.1) is 12.2 Å². The highest BCUT2D eigenvalue weighted by molar-refractivity contribution is 5.98. The monoisotopic (exact) mass is 352 g/mol. The van der Waals surface area contributed by atoms with Gasteiger partial charge in [-0.25, -0.2) is 9.78 Å². The predicted molar refractivity (Wildman–Crippen MR) is 101 cm³/mol. The minimum absolute atomic E-state index is 0.0627. The minimum atomic E-state index is -0.353. The van der Waals surface area contributed by atoms with Gasteiger partial charge in [-0.15, -0.1) is 0 Å². The van der Waals surface area contributed by atoms with Crippen LogP contribution in [0.1, 0.15) is 46.0 Å². The number of aromatic nitrogens is 1. The molecule has 1 fully saturated rings. The van der Waals surface area contributed by atoms with Crippen LogP contribution in [0.25, 0.3) is 0 Å². The number of Topliss-reactive ketones (excluding diaryl/α,β-unsaturated/α-hetero) is 1. The summed E-state index contributed by atoms with van der Waals surface area (Å²) in [6.45, 7) is 5.72. The average Bonchev–Trinajstić information content (AvgIpc) is 2.68. The van der Waals surface area contributed by atoms with Crippen molar-refractivity contribution >= 4 is 17.6 Å². The van der Waals surface area contributed by atoms with Gasteiger partial charge in [0, 0.05) is 30.8 Å². The third-order valence-electron chi connectivity index (χ3n) is 4.78. The quantitative estimate of drug-likeness (QED) is 0.607. The van der Waals surface area contributed by atoms with E-state index in [1.165, 1.54) is 0 Å². The molecule has 0 amide bonds. The number of hydrogen-bond acceptors (Lipinski definition) is 5. The molecule has 2 aromatic rings. The molecule has 1 aliphatic rings. The lowest BCUT2D eigenvalue weighted by atomic mass is 9.88. The van der Waals surface area contributed by atoms with Gasteiger partial charge in [-0.05, 0) is 38.8 Å². The van der Waals surface area contributed by atoms with E-state index in [1.807, 2.05) is 37.3 Å². The molecule has 0 N–H and O–H groups in total. The van der Waals surface area contributed by atoms with E-state index in [2.05, 4.69) is 9.88 Å². The summed E-state index contributed by atoms with van der Waals surface area (Å²) in [5.74, 6) is 0.774. The summed E-state index contributed by atoms with van der Waals surface area (Å²) in [6, 6.07) is 11.4. The lowest BCUT2D eigenvalue weighted by Crippen LogP contribution is -2.36. The van der Waals surface area contributed by atoms with E-state index in [0.29, 0.717) is 12.2 Å². The summed E-state index contributed by atoms with van der Waals surface area (Å²) in [7, 11) is 0. The number of anilines is 1. The Morgan fingerprint density at radius 3 is 2.31 bits per heavy atom. The lowest BCUT2D eigenvalue weighted by molar-refractivity contribution is 0.0525. The zero-order valence-corrected chi connectivity index (χ0v) is 15.3. The maximum absolute atomic E-state index is 12.6. The van der Waals surface area contributed by atoms with Crippen LogP contribution in [-0.4, -0.2) is 36.4 Å². The number of aryl methyl sites for hydroxylation is 1. The molecule has 5 heteroatoms. The van der Waals surface area contributed by atoms with Crippen LogP contribution < -0.4 is 4.90 Å². The molecule has 2 heterocycles. The van der Waals surface area contributed by atoms with E-state index in [1.54, 1.807) is 19.2 Å². The number of esters is 1. The van der Waals surface area contributed by atoms with Gasteiger partial charge < -0.3 is 9.64 Å². The van der Waals surface area contributed by atoms with Crippen molar-refractivity contribution in [1.29, 1.82) is 0 Å². The van der Waals surface area contributed by atoms with Gasteiger partial charge in [0.25, 0.3) is 0 Å². The number of benzene rings is 1. The first-order chi connectivity index (χ1) is 12.6. The standard InChI is InChI=1S/C21H24N2O3/c1-3-26-21(25)18-8-9-19(22-14-18)23-12-10-17(11-13-23)20(24)16-6-4-15(2)5-7-16/h4-9,14,17H,3,10-13H2,1-2H3. The first-order valence-corrected chi connectivity index (χ1v) is 9.07. The fourth-order valence-electron chi connectivity index (χ4n) is 3.23. The van der Waals surface area contributed by atoms with Crippen LogP contribution in [-0.2, 0) is 4.74 Å². The Labute approximate surface area is 154 Å². The number of carbonyl (C=O) groups excluding carboxylic acids is 2. The largest absolute Gasteiger partial charge is 0.462 e. The summed E-state index contributed by atoms with van der Waals surface area (Å²) in [6.07, 6.45) is 3.18. The molecule has 1 aliphatic heterocycles. The SMILES string of the molecule is CCOC(=O)c1ccc(N2CCC(C(=O)c3ccc(C)cc3)CC2)nc1. The molecule has 0 radical (unpaired) electrons. The van der Waals surface area contributed by atoms with Crippen molar-refractivity contribution in [2.45, 2.75) is 26.7 Å². The van der Waals surface area contributed by atoms with Gasteiger partial charge in [-0.1, -0.05) is 29.8 Å². The number of ether oxygens (including phenoxy) is 1. The molecule has 3 rings (SSSR count). The molecule has 1 saturated heterocycles. The second-order valence-corrected chi connectivity index (χ2v) is 6.62. The van der Waals surface area contributed by atoms with Crippen molar-refractivity contribution in [3.05, 3.63) is 59.3 Å². The van der Waals surface area contributed by atoms with Crippen molar-refractivity contribution in [2.75, 3.05) is 24.6 Å². The van der Waals surface area contributed by atoms with E-state index < -0.39 is 0 Å². The fraction of sp³-hybridized carbons (Fsp3) is 0.381. The second kappa shape index (κ2) is 8.13. The summed E-state index contributed by atoms with van der Waals surface area (Å²) in [4.78, 5) is 30.9. The van der Waals surface area contributed by atoms with Crippen molar-refractivity contribution in [1.82, 2.24) is 4.98 Å². The summed E-state index contributed by atoms with van der Waals surface area (Å²) >= 11 is 0. The van der Waals surface area contributed by atoms with E-state index in [-0.39, 0.29) is 17.7 Å². The highest BCUT2D eigenvalue weighted by Gasteiger charge is 2.26. The number of hydrogen-bond donors (Lipinski definition) is 0. The predicted octanol–water partition coefficient (Wildman–Crippen LogP) is 3.67. The Kier molecular flexibility index (Phi) is 5.66. The Balaban J connectivity index is 1.59. The van der Waals surface area contributed by atoms with Crippen molar-refractivity contribution in [3.63, 3.8) is 0 Å². The summed E-state index contributed by atoms with van der Waals surface area (Å²) in [5, 5.41) is 0. The van der Waals surface area contributed by atoms with Gasteiger partial charge in [0.1, 0.15) is 5.82 Å². The first-order valence-electron chi connectivity index (χ1n) is 9.07. The molecule has 0 atom stereocenters. The Hall–Kier alpha value is -2.69. The zero-order valence-electron chi connectivity index (χ0n) is 15.3. The van der Waals surface area contributed by atoms with E-state index in [0.717, 1.165) is 42.9 Å². The maximum atomic E-state index is 12.6. The second-order valence-electron chi connectivity index (χ2n) is 6.62. The molecule has 0 aliphatic carbocycles. The highest BCUT2D eigenvalue weighted by Crippen LogP contribution is 2.25. The number of carbonyl (C=O) groups is 2. The third kappa shape index (κ3) is 4.10. The molecule has 0 bridgehead atoms. The number of nitrogens with zero attached hydrogens (tertiary/aromatic N) is 2. The van der Waals surface area contributed by atoms with Gasteiger partial charge >= 0.3 is 5.97 Å². The highest BCUT2D eigenvalue weighted by atomic mass is 16.5. The van der Waals surface area contributed by atoms with Gasteiger partial charge in [-0.2, -0.15) is 0 Å². The normalized spacial score (nSPS) is 14.9. The number of ketones is 1. The topological polar surface area (TPSA) is 59.5 Å². The molecule has 0 saturated carbocycles. The van der Waals surface area contributed by atoms with Crippen LogP contribution >= 0.6 is 0 Å². The molecule has 0 spiro atoms. The minimum Gasteiger partial charge on any atom is -0.462 e. The number of pyridine rings is 1. The summed E-state index contributed by atoms with van der Waals surface area (Å²) < 4.78 is 4.97. The Bertz CT molecular complexity index is 761. The fourth-order valence-corrected chi connectivity index (χ4v) is 3.23. The average molecular weight is 352 g/mol. The van der Waals surface area contributed by atoms with Crippen LogP contribution in [0.3, 0.4) is 0 Å². The van der Waals surface area contributed by atoms with E-state index in [4.69, 9.17) is 4.74 Å². The van der Waals surface area contributed by atoms with Crippen molar-refractivity contribution in [2.24, 2.45) is 5.92 Å². The number of piperidine rings is 1. The molecule has 1 aromatic heterocycles. The van der Waals surface area contributed by atoms with Crippen LogP contribution in [0.4, 0.5) is 5.82 Å². The van der Waals surface area contributed by atoms with Crippen LogP contribution in [0.15, 0.2) is 42.6 Å². The maximum Gasteiger partial charge on any atom is 0.339 e. The third-order valence-corrected chi connectivity index (χ3v) is 4.78. The molecule has 5 nitrogen and oxygen atoms in total. The molecular weight excluding hydrogens is 328 g/mol. The Morgan fingerprint density at radius 2 is 1.73 bits per heavy atom. The summed E-state index contributed by atoms with van der Waals surface area (Å²) in [5.41, 5.74) is 2.42. The molecule has 1 aromatic carbocycles.